The molecule has 1 saturated heterocycles. The number of nitriles is 1. The van der Waals surface area contributed by atoms with Gasteiger partial charge in [0.05, 0.1) is 43.1 Å². The standard InChI is InChI=1S/C37H41ClN4O6/c1-36(2)31(28-7-4-3-5-8-28)9-6-10-37(36,35(45)42-11-13-46-14-12-42)25-48-34-17-33(47-24-27-15-26(18-39)19-40-20-27)29(16-32(34)38)21-41-30(22-43)23-44/h3-10,15-17,19-20,30,41,43-44H,11-14,21-25H2,1-2H3. The van der Waals surface area contributed by atoms with Gasteiger partial charge >= 0.3 is 0 Å². The number of aliphatic hydroxyl groups is 2. The number of carbonyl (C=O) groups is 1. The zero-order valence-corrected chi connectivity index (χ0v) is 27.9. The molecule has 0 spiro atoms. The Labute approximate surface area is 286 Å². The molecule has 3 N–H and O–H groups in total. The normalized spacial score (nSPS) is 18.7. The quantitative estimate of drug-likeness (QED) is 0.239. The van der Waals surface area contributed by atoms with Gasteiger partial charge in [0.25, 0.3) is 0 Å². The van der Waals surface area contributed by atoms with E-state index in [1.807, 2.05) is 47.4 Å². The predicted octanol–water partition coefficient (Wildman–Crippen LogP) is 4.53. The summed E-state index contributed by atoms with van der Waals surface area (Å²) in [6, 6.07) is 16.7. The Morgan fingerprint density at radius 2 is 1.85 bits per heavy atom. The van der Waals surface area contributed by atoms with Crippen LogP contribution in [0.3, 0.4) is 0 Å². The van der Waals surface area contributed by atoms with Crippen molar-refractivity contribution in [3.63, 3.8) is 0 Å². The minimum absolute atomic E-state index is 0.00114. The molecule has 1 unspecified atom stereocenters. The second kappa shape index (κ2) is 15.8. The zero-order valence-electron chi connectivity index (χ0n) is 27.2. The van der Waals surface area contributed by atoms with E-state index in [0.29, 0.717) is 59.5 Å². The van der Waals surface area contributed by atoms with Gasteiger partial charge in [0.15, 0.2) is 0 Å². The molecule has 11 heteroatoms. The van der Waals surface area contributed by atoms with Gasteiger partial charge in [-0.2, -0.15) is 5.26 Å². The second-order valence-corrected chi connectivity index (χ2v) is 12.8. The Balaban J connectivity index is 1.48. The van der Waals surface area contributed by atoms with E-state index in [9.17, 15) is 20.3 Å². The van der Waals surface area contributed by atoms with Crippen molar-refractivity contribution in [3.8, 4) is 17.6 Å². The van der Waals surface area contributed by atoms with Gasteiger partial charge in [0.2, 0.25) is 5.91 Å². The van der Waals surface area contributed by atoms with E-state index in [1.165, 1.54) is 6.20 Å². The third-order valence-electron chi connectivity index (χ3n) is 9.11. The third-order valence-corrected chi connectivity index (χ3v) is 9.40. The minimum atomic E-state index is -1.09. The average molecular weight is 673 g/mol. The SMILES string of the molecule is CC1(C)C(c2ccccc2)=CC=CC1(COc1cc(OCc2cncc(C#N)c2)c(CNC(CO)CO)cc1Cl)C(=O)N1CCOCC1. The van der Waals surface area contributed by atoms with E-state index in [1.54, 1.807) is 24.4 Å². The molecule has 0 radical (unpaired) electrons. The first-order valence-electron chi connectivity index (χ1n) is 15.9. The summed E-state index contributed by atoms with van der Waals surface area (Å²) in [5.41, 5.74) is 2.03. The van der Waals surface area contributed by atoms with Crippen molar-refractivity contribution < 1.29 is 29.2 Å². The molecule has 2 heterocycles. The Bertz CT molecular complexity index is 1680. The van der Waals surface area contributed by atoms with Crippen molar-refractivity contribution in [2.75, 3.05) is 46.1 Å². The van der Waals surface area contributed by atoms with E-state index >= 15 is 0 Å². The number of aromatic nitrogens is 1. The number of pyridine rings is 1. The summed E-state index contributed by atoms with van der Waals surface area (Å²) < 4.78 is 18.3. The Kier molecular flexibility index (Phi) is 11.5. The summed E-state index contributed by atoms with van der Waals surface area (Å²) in [5, 5.41) is 31.9. The van der Waals surface area contributed by atoms with Crippen molar-refractivity contribution in [1.82, 2.24) is 15.2 Å². The number of rotatable bonds is 13. The predicted molar refractivity (Wildman–Crippen MR) is 182 cm³/mol. The Hall–Kier alpha value is -4.24. The summed E-state index contributed by atoms with van der Waals surface area (Å²) in [4.78, 5) is 20.6. The van der Waals surface area contributed by atoms with Crippen LogP contribution < -0.4 is 14.8 Å². The number of benzene rings is 2. The van der Waals surface area contributed by atoms with Crippen LogP contribution in [0.1, 0.15) is 36.1 Å². The number of nitrogens with zero attached hydrogens (tertiary/aromatic N) is 3. The largest absolute Gasteiger partial charge is 0.490 e. The van der Waals surface area contributed by atoms with Crippen molar-refractivity contribution in [1.29, 1.82) is 5.26 Å². The molecule has 252 valence electrons. The van der Waals surface area contributed by atoms with Gasteiger partial charge in [-0.25, -0.2) is 0 Å². The van der Waals surface area contributed by atoms with Crippen LogP contribution in [0, 0.1) is 22.2 Å². The molecule has 1 atom stereocenters. The van der Waals surface area contributed by atoms with Gasteiger partial charge in [0.1, 0.15) is 36.2 Å². The van der Waals surface area contributed by atoms with Gasteiger partial charge in [-0.3, -0.25) is 9.78 Å². The molecule has 5 rings (SSSR count). The first kappa shape index (κ1) is 35.1. The molecule has 2 aromatic carbocycles. The maximum absolute atomic E-state index is 14.6. The number of hydrogen-bond acceptors (Lipinski definition) is 9. The van der Waals surface area contributed by atoms with Gasteiger partial charge in [-0.05, 0) is 23.3 Å². The lowest BCUT2D eigenvalue weighted by atomic mass is 9.58. The van der Waals surface area contributed by atoms with Crippen molar-refractivity contribution >= 4 is 23.1 Å². The fourth-order valence-corrected chi connectivity index (χ4v) is 6.34. The summed E-state index contributed by atoms with van der Waals surface area (Å²) in [7, 11) is 0. The second-order valence-electron chi connectivity index (χ2n) is 12.4. The molecule has 1 amide bonds. The Morgan fingerprint density at radius 3 is 2.56 bits per heavy atom. The summed E-state index contributed by atoms with van der Waals surface area (Å²) in [6.07, 6.45) is 9.03. The number of morpholine rings is 1. The van der Waals surface area contributed by atoms with Gasteiger partial charge in [-0.1, -0.05) is 74.0 Å². The molecular weight excluding hydrogens is 632 g/mol. The molecule has 1 fully saturated rings. The first-order chi connectivity index (χ1) is 23.2. The maximum atomic E-state index is 14.6. The zero-order chi connectivity index (χ0) is 34.1. The number of allylic oxidation sites excluding steroid dienone is 3. The lowest BCUT2D eigenvalue weighted by Gasteiger charge is -2.49. The molecule has 10 nitrogen and oxygen atoms in total. The smallest absolute Gasteiger partial charge is 0.237 e. The number of hydrogen-bond donors (Lipinski definition) is 3. The van der Waals surface area contributed by atoms with Gasteiger partial charge in [-0.15, -0.1) is 0 Å². The molecule has 1 aromatic heterocycles. The molecule has 3 aromatic rings. The van der Waals surface area contributed by atoms with Crippen molar-refractivity contribution in [2.24, 2.45) is 10.8 Å². The molecule has 1 aliphatic carbocycles. The summed E-state index contributed by atoms with van der Waals surface area (Å²) in [6.45, 7) is 5.89. The minimum Gasteiger partial charge on any atom is -0.490 e. The molecule has 1 aliphatic heterocycles. The molecule has 48 heavy (non-hydrogen) atoms. The average Bonchev–Trinajstić information content (AvgIpc) is 3.12. The van der Waals surface area contributed by atoms with Crippen LogP contribution in [0.15, 0.2) is 79.2 Å². The van der Waals surface area contributed by atoms with E-state index in [4.69, 9.17) is 25.8 Å². The van der Waals surface area contributed by atoms with Crippen LogP contribution in [0.2, 0.25) is 5.02 Å². The monoisotopic (exact) mass is 672 g/mol. The van der Waals surface area contributed by atoms with Crippen molar-refractivity contribution in [2.45, 2.75) is 33.0 Å². The maximum Gasteiger partial charge on any atom is 0.237 e. The lowest BCUT2D eigenvalue weighted by Crippen LogP contribution is -2.57. The van der Waals surface area contributed by atoms with E-state index in [0.717, 1.165) is 11.1 Å². The van der Waals surface area contributed by atoms with E-state index in [2.05, 4.69) is 36.3 Å². The fraction of sp³-hybridized carbons (Fsp3) is 0.378. The number of ether oxygens (including phenoxy) is 3. The number of halogens is 1. The highest BCUT2D eigenvalue weighted by Crippen LogP contribution is 2.53. The van der Waals surface area contributed by atoms with E-state index < -0.39 is 16.9 Å². The fourth-order valence-electron chi connectivity index (χ4n) is 6.10. The first-order valence-corrected chi connectivity index (χ1v) is 16.3. The number of aliphatic hydroxyl groups excluding tert-OH is 2. The molecular formula is C37H41ClN4O6. The number of carbonyl (C=O) groups excluding carboxylic acids is 1. The highest BCUT2D eigenvalue weighted by Gasteiger charge is 2.54. The number of amides is 1. The third kappa shape index (κ3) is 7.57. The van der Waals surface area contributed by atoms with Crippen molar-refractivity contribution in [3.05, 3.63) is 106 Å². The van der Waals surface area contributed by atoms with Gasteiger partial charge < -0.3 is 34.6 Å². The van der Waals surface area contributed by atoms with Crippen LogP contribution in [0.4, 0.5) is 0 Å². The molecule has 0 bridgehead atoms. The van der Waals surface area contributed by atoms with E-state index in [-0.39, 0.29) is 38.9 Å². The summed E-state index contributed by atoms with van der Waals surface area (Å²) >= 11 is 6.83. The van der Waals surface area contributed by atoms with Crippen LogP contribution in [0.5, 0.6) is 11.5 Å². The topological polar surface area (TPSA) is 137 Å². The van der Waals surface area contributed by atoms with Crippen LogP contribution in [0.25, 0.3) is 5.57 Å². The van der Waals surface area contributed by atoms with Crippen LogP contribution in [-0.4, -0.2) is 78.2 Å². The number of nitrogens with one attached hydrogen (secondary N) is 1. The lowest BCUT2D eigenvalue weighted by molar-refractivity contribution is -0.150. The molecule has 0 saturated carbocycles. The Morgan fingerprint density at radius 1 is 1.10 bits per heavy atom. The highest BCUT2D eigenvalue weighted by atomic mass is 35.5. The van der Waals surface area contributed by atoms with Gasteiger partial charge in [0, 0.05) is 54.6 Å². The highest BCUT2D eigenvalue weighted by molar-refractivity contribution is 6.32. The molecule has 2 aliphatic rings. The van der Waals surface area contributed by atoms with Crippen LogP contribution >= 0.6 is 11.6 Å². The summed E-state index contributed by atoms with van der Waals surface area (Å²) in [5.74, 6) is 0.719. The van der Waals surface area contributed by atoms with Crippen LogP contribution in [-0.2, 0) is 22.7 Å².